The topological polar surface area (TPSA) is 26.0 Å². The van der Waals surface area contributed by atoms with Crippen LogP contribution in [-0.2, 0) is 0 Å². The maximum atomic E-state index is 6.51. The van der Waals surface area contributed by atoms with Crippen molar-refractivity contribution in [2.24, 2.45) is 17.6 Å². The van der Waals surface area contributed by atoms with Crippen molar-refractivity contribution in [2.75, 3.05) is 0 Å². The second-order valence-corrected chi connectivity index (χ2v) is 5.64. The van der Waals surface area contributed by atoms with Crippen molar-refractivity contribution in [3.05, 3.63) is 0 Å². The van der Waals surface area contributed by atoms with Crippen LogP contribution in [-0.4, -0.2) is 6.04 Å². The Balaban J connectivity index is 2.41. The third-order valence-corrected chi connectivity index (χ3v) is 4.44. The Morgan fingerprint density at radius 1 is 1.06 bits per heavy atom. The Kier molecular flexibility index (Phi) is 7.11. The molecule has 1 heteroatoms. The Morgan fingerprint density at radius 3 is 2.19 bits per heavy atom. The van der Waals surface area contributed by atoms with Gasteiger partial charge in [-0.3, -0.25) is 0 Å². The predicted octanol–water partition coefficient (Wildman–Crippen LogP) is 4.50. The highest BCUT2D eigenvalue weighted by Gasteiger charge is 2.25. The lowest BCUT2D eigenvalue weighted by atomic mass is 9.80. The fraction of sp³-hybridized carbons (Fsp3) is 1.00. The van der Waals surface area contributed by atoms with Crippen LogP contribution in [0.3, 0.4) is 0 Å². The van der Waals surface area contributed by atoms with Crippen molar-refractivity contribution in [3.8, 4) is 0 Å². The molecule has 1 aliphatic rings. The van der Waals surface area contributed by atoms with Gasteiger partial charge in [0.15, 0.2) is 0 Å². The van der Waals surface area contributed by atoms with Crippen LogP contribution in [0.2, 0.25) is 0 Å². The van der Waals surface area contributed by atoms with Gasteiger partial charge in [0.25, 0.3) is 0 Å². The van der Waals surface area contributed by atoms with E-state index >= 15 is 0 Å². The Hall–Kier alpha value is -0.0400. The second-order valence-electron chi connectivity index (χ2n) is 5.64. The number of nitrogens with two attached hydrogens (primary N) is 1. The highest BCUT2D eigenvalue weighted by atomic mass is 14.7. The third kappa shape index (κ3) is 4.45. The predicted molar refractivity (Wildman–Crippen MR) is 72.5 cm³/mol. The Morgan fingerprint density at radius 2 is 1.69 bits per heavy atom. The van der Waals surface area contributed by atoms with Crippen LogP contribution in [0.1, 0.15) is 78.1 Å². The van der Waals surface area contributed by atoms with Crippen LogP contribution in [0.4, 0.5) is 0 Å². The molecule has 0 saturated heterocycles. The highest BCUT2D eigenvalue weighted by molar-refractivity contribution is 4.81. The van der Waals surface area contributed by atoms with Crippen LogP contribution in [0, 0.1) is 11.8 Å². The lowest BCUT2D eigenvalue weighted by Crippen LogP contribution is -2.37. The summed E-state index contributed by atoms with van der Waals surface area (Å²) in [5, 5.41) is 0. The molecule has 1 aliphatic carbocycles. The van der Waals surface area contributed by atoms with Crippen molar-refractivity contribution in [1.82, 2.24) is 0 Å². The average Bonchev–Trinajstić information content (AvgIpc) is 2.58. The van der Waals surface area contributed by atoms with Gasteiger partial charge in [-0.2, -0.15) is 0 Å². The largest absolute Gasteiger partial charge is 0.327 e. The minimum absolute atomic E-state index is 0.481. The van der Waals surface area contributed by atoms with Crippen molar-refractivity contribution in [2.45, 2.75) is 84.1 Å². The lowest BCUT2D eigenvalue weighted by molar-refractivity contribution is 0.260. The summed E-state index contributed by atoms with van der Waals surface area (Å²) in [6.07, 6.45) is 13.8. The molecule has 0 aromatic rings. The first-order valence-electron chi connectivity index (χ1n) is 7.55. The average molecular weight is 225 g/mol. The number of unbranched alkanes of at least 4 members (excludes halogenated alkanes) is 1. The molecule has 2 N–H and O–H groups in total. The van der Waals surface area contributed by atoms with Gasteiger partial charge in [-0.25, -0.2) is 0 Å². The summed E-state index contributed by atoms with van der Waals surface area (Å²) < 4.78 is 0. The number of rotatable bonds is 6. The maximum absolute atomic E-state index is 6.51. The summed E-state index contributed by atoms with van der Waals surface area (Å²) in [6.45, 7) is 4.60. The first kappa shape index (κ1) is 14.0. The Labute approximate surface area is 102 Å². The van der Waals surface area contributed by atoms with E-state index in [1.54, 1.807) is 0 Å². The fourth-order valence-electron chi connectivity index (χ4n) is 3.22. The SMILES string of the molecule is CCCCC(CC)C(N)C1CCCCCC1. The normalized spacial score (nSPS) is 22.7. The molecule has 0 heterocycles. The molecule has 1 rings (SSSR count). The molecule has 1 nitrogen and oxygen atoms in total. The van der Waals surface area contributed by atoms with Gasteiger partial charge in [0.2, 0.25) is 0 Å². The fourth-order valence-corrected chi connectivity index (χ4v) is 3.22. The summed E-state index contributed by atoms with van der Waals surface area (Å²) in [4.78, 5) is 0. The molecule has 0 aromatic carbocycles. The Bertz CT molecular complexity index is 159. The third-order valence-electron chi connectivity index (χ3n) is 4.44. The van der Waals surface area contributed by atoms with Gasteiger partial charge < -0.3 is 5.73 Å². The van der Waals surface area contributed by atoms with E-state index in [1.807, 2.05) is 0 Å². The molecular formula is C15H31N. The molecule has 16 heavy (non-hydrogen) atoms. The molecule has 96 valence electrons. The van der Waals surface area contributed by atoms with Crippen LogP contribution in [0.5, 0.6) is 0 Å². The van der Waals surface area contributed by atoms with Crippen LogP contribution in [0.25, 0.3) is 0 Å². The first-order valence-corrected chi connectivity index (χ1v) is 7.55. The summed E-state index contributed by atoms with van der Waals surface area (Å²) in [6, 6.07) is 0.481. The molecule has 2 unspecified atom stereocenters. The molecule has 1 fully saturated rings. The minimum atomic E-state index is 0.481. The zero-order valence-corrected chi connectivity index (χ0v) is 11.4. The van der Waals surface area contributed by atoms with E-state index in [9.17, 15) is 0 Å². The zero-order chi connectivity index (χ0) is 11.8. The second kappa shape index (κ2) is 8.11. The van der Waals surface area contributed by atoms with E-state index in [2.05, 4.69) is 13.8 Å². The van der Waals surface area contributed by atoms with E-state index in [4.69, 9.17) is 5.73 Å². The summed E-state index contributed by atoms with van der Waals surface area (Å²) >= 11 is 0. The van der Waals surface area contributed by atoms with Crippen molar-refractivity contribution >= 4 is 0 Å². The first-order chi connectivity index (χ1) is 7.79. The van der Waals surface area contributed by atoms with Gasteiger partial charge in [0, 0.05) is 6.04 Å². The summed E-state index contributed by atoms with van der Waals surface area (Å²) in [5.41, 5.74) is 6.51. The molecule has 2 atom stereocenters. The van der Waals surface area contributed by atoms with Gasteiger partial charge in [0.05, 0.1) is 0 Å². The van der Waals surface area contributed by atoms with Crippen molar-refractivity contribution < 1.29 is 0 Å². The number of hydrogen-bond acceptors (Lipinski definition) is 1. The van der Waals surface area contributed by atoms with Crippen LogP contribution in [0.15, 0.2) is 0 Å². The monoisotopic (exact) mass is 225 g/mol. The van der Waals surface area contributed by atoms with E-state index < -0.39 is 0 Å². The van der Waals surface area contributed by atoms with E-state index in [-0.39, 0.29) is 0 Å². The summed E-state index contributed by atoms with van der Waals surface area (Å²) in [7, 11) is 0. The lowest BCUT2D eigenvalue weighted by Gasteiger charge is -2.30. The molecule has 1 saturated carbocycles. The van der Waals surface area contributed by atoms with Crippen molar-refractivity contribution in [3.63, 3.8) is 0 Å². The van der Waals surface area contributed by atoms with Gasteiger partial charge in [-0.05, 0) is 31.1 Å². The summed E-state index contributed by atoms with van der Waals surface area (Å²) in [5.74, 6) is 1.60. The minimum Gasteiger partial charge on any atom is -0.327 e. The maximum Gasteiger partial charge on any atom is 0.00955 e. The van der Waals surface area contributed by atoms with E-state index in [1.165, 1.54) is 64.2 Å². The van der Waals surface area contributed by atoms with Gasteiger partial charge >= 0.3 is 0 Å². The van der Waals surface area contributed by atoms with Gasteiger partial charge in [-0.15, -0.1) is 0 Å². The van der Waals surface area contributed by atoms with Crippen molar-refractivity contribution in [1.29, 1.82) is 0 Å². The molecule has 0 aliphatic heterocycles. The zero-order valence-electron chi connectivity index (χ0n) is 11.4. The van der Waals surface area contributed by atoms with E-state index in [0.29, 0.717) is 6.04 Å². The molecule has 0 bridgehead atoms. The quantitative estimate of drug-likeness (QED) is 0.662. The highest BCUT2D eigenvalue weighted by Crippen LogP contribution is 2.30. The van der Waals surface area contributed by atoms with Gasteiger partial charge in [-0.1, -0.05) is 58.8 Å². The molecule has 0 spiro atoms. The van der Waals surface area contributed by atoms with Crippen LogP contribution >= 0.6 is 0 Å². The molecule has 0 aromatic heterocycles. The molecular weight excluding hydrogens is 194 g/mol. The molecule has 0 radical (unpaired) electrons. The number of hydrogen-bond donors (Lipinski definition) is 1. The van der Waals surface area contributed by atoms with Crippen LogP contribution < -0.4 is 5.73 Å². The molecule has 0 amide bonds. The van der Waals surface area contributed by atoms with Gasteiger partial charge in [0.1, 0.15) is 0 Å². The smallest absolute Gasteiger partial charge is 0.00955 e. The van der Waals surface area contributed by atoms with E-state index in [0.717, 1.165) is 11.8 Å². The standard InChI is InChI=1S/C15H31N/c1-3-5-10-13(4-2)15(16)14-11-8-6-7-9-12-14/h13-15H,3-12,16H2,1-2H3.